The molecule has 1 unspecified atom stereocenters. The highest BCUT2D eigenvalue weighted by Crippen LogP contribution is 2.32. The van der Waals surface area contributed by atoms with E-state index in [1.807, 2.05) is 0 Å². The molecule has 1 N–H and O–H groups in total. The standard InChI is InChI=1S/C12H15NO/c1-13-6-7-14-11-8-9-4-2-3-5-10(9)12(11)13/h2-5,11-13H,1,6-8H2/t11-,12+/m1/s1. The van der Waals surface area contributed by atoms with Gasteiger partial charge in [0.15, 0.2) is 0 Å². The van der Waals surface area contributed by atoms with Gasteiger partial charge in [-0.15, -0.1) is 0 Å². The lowest BCUT2D eigenvalue weighted by Gasteiger charge is -2.37. The van der Waals surface area contributed by atoms with E-state index in [9.17, 15) is 0 Å². The van der Waals surface area contributed by atoms with E-state index in [-0.39, 0.29) is 0 Å². The number of fused-ring (bicyclic) bond motifs is 3. The third-order valence-electron chi connectivity index (χ3n) is 3.38. The van der Waals surface area contributed by atoms with E-state index < -0.39 is 0 Å². The van der Waals surface area contributed by atoms with Gasteiger partial charge in [-0.2, -0.15) is 7.05 Å². The van der Waals surface area contributed by atoms with Crippen molar-refractivity contribution in [2.24, 2.45) is 0 Å². The Morgan fingerprint density at radius 2 is 2.21 bits per heavy atom. The van der Waals surface area contributed by atoms with Crippen LogP contribution >= 0.6 is 0 Å². The van der Waals surface area contributed by atoms with Crippen molar-refractivity contribution >= 4 is 0 Å². The number of rotatable bonds is 0. The van der Waals surface area contributed by atoms with E-state index in [4.69, 9.17) is 4.74 Å². The fraction of sp³-hybridized carbons (Fsp3) is 0.417. The Morgan fingerprint density at radius 3 is 3.14 bits per heavy atom. The predicted molar refractivity (Wildman–Crippen MR) is 53.8 cm³/mol. The van der Waals surface area contributed by atoms with Gasteiger partial charge < -0.3 is 9.64 Å². The molecule has 1 aromatic rings. The molecular formula is C12H15NO. The lowest BCUT2D eigenvalue weighted by molar-refractivity contribution is -0.900. The minimum Gasteiger partial charge on any atom is -0.458 e. The number of morpholine rings is 1. The van der Waals surface area contributed by atoms with E-state index in [1.165, 1.54) is 16.0 Å². The molecule has 14 heavy (non-hydrogen) atoms. The van der Waals surface area contributed by atoms with Gasteiger partial charge in [-0.25, -0.2) is 0 Å². The monoisotopic (exact) mass is 189 g/mol. The third kappa shape index (κ3) is 1.11. The van der Waals surface area contributed by atoms with E-state index >= 15 is 0 Å². The van der Waals surface area contributed by atoms with Crippen LogP contribution in [0.1, 0.15) is 17.2 Å². The van der Waals surface area contributed by atoms with Gasteiger partial charge in [-0.3, -0.25) is 0 Å². The Kier molecular flexibility index (Phi) is 1.85. The zero-order chi connectivity index (χ0) is 9.54. The zero-order valence-corrected chi connectivity index (χ0v) is 8.20. The van der Waals surface area contributed by atoms with Gasteiger partial charge in [0.1, 0.15) is 12.1 Å². The van der Waals surface area contributed by atoms with Crippen LogP contribution in [0.5, 0.6) is 0 Å². The van der Waals surface area contributed by atoms with E-state index in [2.05, 4.69) is 31.3 Å². The average molecular weight is 189 g/mol. The minimum atomic E-state index is 0.369. The second kappa shape index (κ2) is 3.07. The van der Waals surface area contributed by atoms with Crippen molar-refractivity contribution in [2.45, 2.75) is 18.6 Å². The Bertz CT molecular complexity index is 350. The maximum Gasteiger partial charge on any atom is 0.116 e. The molecule has 1 fully saturated rings. The Balaban J connectivity index is 2.03. The largest absolute Gasteiger partial charge is 0.458 e. The van der Waals surface area contributed by atoms with Gasteiger partial charge in [-0.05, 0) is 5.56 Å². The van der Waals surface area contributed by atoms with Gasteiger partial charge >= 0.3 is 0 Å². The van der Waals surface area contributed by atoms with Crippen LogP contribution in [0, 0.1) is 7.05 Å². The molecule has 2 heteroatoms. The first-order valence-corrected chi connectivity index (χ1v) is 5.23. The number of nitrogens with one attached hydrogen (secondary N) is 1. The summed E-state index contributed by atoms with van der Waals surface area (Å²) in [6.45, 7) is 1.88. The number of quaternary nitrogens is 1. The molecule has 0 bridgehead atoms. The SMILES string of the molecule is [CH2-][NH+]1CCO[C@@H]2Cc3ccccc3[C@@H]21. The molecule has 0 spiro atoms. The summed E-state index contributed by atoms with van der Waals surface area (Å²) in [5, 5.41) is 0. The average Bonchev–Trinajstić information content (AvgIpc) is 2.57. The molecule has 3 atom stereocenters. The summed E-state index contributed by atoms with van der Waals surface area (Å²) < 4.78 is 5.79. The summed E-state index contributed by atoms with van der Waals surface area (Å²) in [6, 6.07) is 9.13. The van der Waals surface area contributed by atoms with Crippen LogP contribution in [0.25, 0.3) is 0 Å². The fourth-order valence-corrected chi connectivity index (χ4v) is 2.69. The molecular weight excluding hydrogens is 174 g/mol. The molecule has 1 aromatic carbocycles. The molecule has 0 amide bonds. The van der Waals surface area contributed by atoms with Crippen molar-refractivity contribution in [3.63, 3.8) is 0 Å². The zero-order valence-electron chi connectivity index (χ0n) is 8.20. The quantitative estimate of drug-likeness (QED) is 0.582. The summed E-state index contributed by atoms with van der Waals surface area (Å²) in [7, 11) is 4.18. The van der Waals surface area contributed by atoms with Crippen molar-refractivity contribution in [2.75, 3.05) is 13.2 Å². The maximum atomic E-state index is 5.79. The van der Waals surface area contributed by atoms with Crippen molar-refractivity contribution in [3.05, 3.63) is 42.4 Å². The summed E-state index contributed by atoms with van der Waals surface area (Å²) in [6.07, 6.45) is 1.44. The van der Waals surface area contributed by atoms with Crippen LogP contribution in [0.3, 0.4) is 0 Å². The number of ether oxygens (including phenoxy) is 1. The first kappa shape index (κ1) is 8.45. The lowest BCUT2D eigenvalue weighted by atomic mass is 10.1. The first-order chi connectivity index (χ1) is 6.86. The Labute approximate surface area is 84.5 Å². The second-order valence-electron chi connectivity index (χ2n) is 4.20. The highest BCUT2D eigenvalue weighted by Gasteiger charge is 2.39. The van der Waals surface area contributed by atoms with E-state index in [1.54, 1.807) is 0 Å². The van der Waals surface area contributed by atoms with Gasteiger partial charge in [0.05, 0.1) is 13.2 Å². The van der Waals surface area contributed by atoms with Gasteiger partial charge in [0.25, 0.3) is 0 Å². The van der Waals surface area contributed by atoms with Crippen LogP contribution in [0.4, 0.5) is 0 Å². The molecule has 3 rings (SSSR count). The molecule has 1 aliphatic carbocycles. The number of hydrogen-bond acceptors (Lipinski definition) is 1. The molecule has 1 aliphatic heterocycles. The lowest BCUT2D eigenvalue weighted by Crippen LogP contribution is -3.10. The molecule has 74 valence electrons. The number of benzene rings is 1. The minimum absolute atomic E-state index is 0.369. The third-order valence-corrected chi connectivity index (χ3v) is 3.38. The van der Waals surface area contributed by atoms with Gasteiger partial charge in [0.2, 0.25) is 0 Å². The highest BCUT2D eigenvalue weighted by atomic mass is 16.5. The predicted octanol–water partition coefficient (Wildman–Crippen LogP) is 0.359. The molecule has 0 aromatic heterocycles. The summed E-state index contributed by atoms with van der Waals surface area (Å²) in [4.78, 5) is 1.35. The van der Waals surface area contributed by atoms with Gasteiger partial charge in [-0.1, -0.05) is 24.3 Å². The van der Waals surface area contributed by atoms with Crippen molar-refractivity contribution in [3.8, 4) is 0 Å². The number of hydrogen-bond donors (Lipinski definition) is 1. The van der Waals surface area contributed by atoms with Crippen LogP contribution in [0.15, 0.2) is 24.3 Å². The topological polar surface area (TPSA) is 13.7 Å². The smallest absolute Gasteiger partial charge is 0.116 e. The molecule has 1 saturated heterocycles. The van der Waals surface area contributed by atoms with E-state index in [0.717, 1.165) is 19.6 Å². The normalized spacial score (nSPS) is 35.1. The second-order valence-corrected chi connectivity index (χ2v) is 4.20. The molecule has 2 aliphatic rings. The van der Waals surface area contributed by atoms with Crippen molar-refractivity contribution in [1.29, 1.82) is 0 Å². The first-order valence-electron chi connectivity index (χ1n) is 5.23. The van der Waals surface area contributed by atoms with Crippen LogP contribution in [-0.2, 0) is 11.2 Å². The Morgan fingerprint density at radius 1 is 1.36 bits per heavy atom. The van der Waals surface area contributed by atoms with Crippen molar-refractivity contribution < 1.29 is 9.64 Å². The van der Waals surface area contributed by atoms with Crippen molar-refractivity contribution in [1.82, 2.24) is 0 Å². The van der Waals surface area contributed by atoms with Crippen LogP contribution < -0.4 is 4.90 Å². The summed E-state index contributed by atoms with van der Waals surface area (Å²) >= 11 is 0. The molecule has 1 heterocycles. The van der Waals surface area contributed by atoms with Gasteiger partial charge in [0, 0.05) is 12.0 Å². The summed E-state index contributed by atoms with van der Waals surface area (Å²) in [5.41, 5.74) is 2.90. The van der Waals surface area contributed by atoms with Crippen LogP contribution in [0.2, 0.25) is 0 Å². The van der Waals surface area contributed by atoms with E-state index in [0.29, 0.717) is 12.1 Å². The fourth-order valence-electron chi connectivity index (χ4n) is 2.69. The Hall–Kier alpha value is -0.860. The maximum absolute atomic E-state index is 5.79. The molecule has 0 radical (unpaired) electrons. The highest BCUT2D eigenvalue weighted by molar-refractivity contribution is 5.35. The summed E-state index contributed by atoms with van der Waals surface area (Å²) in [5.74, 6) is 0. The van der Waals surface area contributed by atoms with Crippen LogP contribution in [-0.4, -0.2) is 19.3 Å². The molecule has 2 nitrogen and oxygen atoms in total. The molecule has 0 saturated carbocycles.